The van der Waals surface area contributed by atoms with Crippen LogP contribution < -0.4 is 10.0 Å². The summed E-state index contributed by atoms with van der Waals surface area (Å²) in [5.41, 5.74) is 2.65. The number of halogens is 1. The van der Waals surface area contributed by atoms with Crippen LogP contribution in [0.25, 0.3) is 10.8 Å². The number of amides is 1. The molecule has 1 unspecified atom stereocenters. The lowest BCUT2D eigenvalue weighted by Crippen LogP contribution is -2.15. The Kier molecular flexibility index (Phi) is 5.45. The fraction of sp³-hybridized carbons (Fsp3) is 0.167. The maximum Gasteiger partial charge on any atom is 0.264 e. The maximum absolute atomic E-state index is 12.9. The highest BCUT2D eigenvalue weighted by Gasteiger charge is 2.44. The summed E-state index contributed by atoms with van der Waals surface area (Å²) in [5.74, 6) is -1.10. The van der Waals surface area contributed by atoms with Gasteiger partial charge in [0.25, 0.3) is 10.0 Å². The third kappa shape index (κ3) is 4.44. The largest absolute Gasteiger partial charge is 0.326 e. The number of benzene rings is 2. The molecule has 172 valence electrons. The molecule has 1 amide bonds. The van der Waals surface area contributed by atoms with Gasteiger partial charge in [0.2, 0.25) is 11.9 Å². The molecule has 1 saturated carbocycles. The van der Waals surface area contributed by atoms with Crippen LogP contribution in [-0.4, -0.2) is 29.3 Å². The number of carbonyl (C=O) groups excluding carboxylic acids is 1. The topological polar surface area (TPSA) is 114 Å². The van der Waals surface area contributed by atoms with Crippen LogP contribution in [0.2, 0.25) is 0 Å². The number of sulfonamides is 1. The van der Waals surface area contributed by atoms with Crippen molar-refractivity contribution in [1.82, 2.24) is 15.0 Å². The highest BCUT2D eigenvalue weighted by molar-refractivity contribution is 7.92. The number of anilines is 2. The molecule has 2 heterocycles. The lowest BCUT2D eigenvalue weighted by molar-refractivity contribution is -0.117. The minimum absolute atomic E-state index is 0.0202. The number of nitrogens with zero attached hydrogens (tertiary/aromatic N) is 3. The zero-order valence-corrected chi connectivity index (χ0v) is 18.9. The second-order valence-electron chi connectivity index (χ2n) is 8.23. The fourth-order valence-electron chi connectivity index (χ4n) is 3.91. The Bertz CT molecular complexity index is 1490. The minimum Gasteiger partial charge on any atom is -0.326 e. The summed E-state index contributed by atoms with van der Waals surface area (Å²) >= 11 is 0. The van der Waals surface area contributed by atoms with E-state index in [9.17, 15) is 17.6 Å². The number of pyridine rings is 1. The molecule has 2 N–H and O–H groups in total. The van der Waals surface area contributed by atoms with Crippen LogP contribution in [0.4, 0.5) is 16.0 Å². The van der Waals surface area contributed by atoms with Crippen molar-refractivity contribution in [1.29, 1.82) is 0 Å². The molecule has 0 spiro atoms. The number of fused-ring (bicyclic) bond motifs is 1. The molecule has 34 heavy (non-hydrogen) atoms. The monoisotopic (exact) mass is 477 g/mol. The standard InChI is InChI=1S/C24H20FN5O3S/c1-14-10-26-11-16-2-5-18(8-20(14)16)29-23(31)22-9-21(22)15-3-6-19(7-4-15)34(32,33)30-24-27-12-17(25)13-28-24/h2-8,10-13,21-22H,9H2,1H3,(H,29,31)(H,27,28,30)/t21?,22-/m1/s1. The van der Waals surface area contributed by atoms with Crippen molar-refractivity contribution in [2.24, 2.45) is 5.92 Å². The van der Waals surface area contributed by atoms with Gasteiger partial charge in [-0.25, -0.2) is 27.5 Å². The molecule has 4 aromatic rings. The van der Waals surface area contributed by atoms with Crippen molar-refractivity contribution < 1.29 is 17.6 Å². The van der Waals surface area contributed by atoms with Gasteiger partial charge >= 0.3 is 0 Å². The van der Waals surface area contributed by atoms with Crippen LogP contribution in [-0.2, 0) is 14.8 Å². The van der Waals surface area contributed by atoms with Crippen LogP contribution in [0.15, 0.2) is 72.1 Å². The molecule has 0 aliphatic heterocycles. The van der Waals surface area contributed by atoms with Gasteiger partial charge in [-0.05, 0) is 60.0 Å². The van der Waals surface area contributed by atoms with E-state index in [-0.39, 0.29) is 28.6 Å². The third-order valence-electron chi connectivity index (χ3n) is 5.82. The average Bonchev–Trinajstić information content (AvgIpc) is 3.62. The Morgan fingerprint density at radius 3 is 2.50 bits per heavy atom. The van der Waals surface area contributed by atoms with Gasteiger partial charge < -0.3 is 5.32 Å². The van der Waals surface area contributed by atoms with Crippen LogP contribution >= 0.6 is 0 Å². The van der Waals surface area contributed by atoms with Crippen LogP contribution in [0.3, 0.4) is 0 Å². The van der Waals surface area contributed by atoms with Gasteiger partial charge in [-0.15, -0.1) is 0 Å². The van der Waals surface area contributed by atoms with E-state index in [4.69, 9.17) is 0 Å². The highest BCUT2D eigenvalue weighted by Crippen LogP contribution is 2.48. The van der Waals surface area contributed by atoms with E-state index in [0.717, 1.165) is 40.0 Å². The molecule has 0 saturated heterocycles. The van der Waals surface area contributed by atoms with Gasteiger partial charge in [0, 0.05) is 29.4 Å². The van der Waals surface area contributed by atoms with Crippen molar-refractivity contribution in [3.63, 3.8) is 0 Å². The summed E-state index contributed by atoms with van der Waals surface area (Å²) in [7, 11) is -3.92. The Morgan fingerprint density at radius 1 is 1.03 bits per heavy atom. The number of aryl methyl sites for hydroxylation is 1. The molecule has 1 aliphatic rings. The van der Waals surface area contributed by atoms with Crippen LogP contribution in [0, 0.1) is 18.7 Å². The van der Waals surface area contributed by atoms with Crippen LogP contribution in [0.5, 0.6) is 0 Å². The van der Waals surface area contributed by atoms with Crippen molar-refractivity contribution in [3.05, 3.63) is 84.2 Å². The zero-order valence-electron chi connectivity index (χ0n) is 18.1. The molecule has 0 radical (unpaired) electrons. The molecule has 2 aromatic carbocycles. The molecular formula is C24H20FN5O3S. The molecule has 0 bridgehead atoms. The predicted molar refractivity (Wildman–Crippen MR) is 125 cm³/mol. The lowest BCUT2D eigenvalue weighted by atomic mass is 10.1. The molecule has 1 fully saturated rings. The number of carbonyl (C=O) groups is 1. The first-order valence-corrected chi connectivity index (χ1v) is 12.0. The third-order valence-corrected chi connectivity index (χ3v) is 7.16. The number of aromatic nitrogens is 3. The van der Waals surface area contributed by atoms with Crippen molar-refractivity contribution in [2.75, 3.05) is 10.0 Å². The fourth-order valence-corrected chi connectivity index (χ4v) is 4.87. The normalized spacial score (nSPS) is 17.4. The number of hydrogen-bond acceptors (Lipinski definition) is 6. The van der Waals surface area contributed by atoms with Gasteiger partial charge in [-0.1, -0.05) is 18.2 Å². The molecular weight excluding hydrogens is 457 g/mol. The van der Waals surface area contributed by atoms with E-state index in [1.165, 1.54) is 12.1 Å². The molecule has 2 atom stereocenters. The Labute approximate surface area is 195 Å². The molecule has 2 aromatic heterocycles. The number of hydrogen-bond donors (Lipinski definition) is 2. The van der Waals surface area contributed by atoms with E-state index >= 15 is 0 Å². The SMILES string of the molecule is Cc1cncc2ccc(NC(=O)[C@@H]3CC3c3ccc(S(=O)(=O)Nc4ncc(F)cn4)cc3)cc12. The zero-order chi connectivity index (χ0) is 23.9. The smallest absolute Gasteiger partial charge is 0.264 e. The summed E-state index contributed by atoms with van der Waals surface area (Å²) in [4.78, 5) is 24.2. The second-order valence-corrected chi connectivity index (χ2v) is 9.91. The van der Waals surface area contributed by atoms with E-state index < -0.39 is 15.8 Å². The summed E-state index contributed by atoms with van der Waals surface area (Å²) in [6, 6.07) is 12.1. The summed E-state index contributed by atoms with van der Waals surface area (Å²) < 4.78 is 40.2. The first-order valence-electron chi connectivity index (χ1n) is 10.6. The van der Waals surface area contributed by atoms with Gasteiger partial charge in [-0.3, -0.25) is 9.78 Å². The average molecular weight is 478 g/mol. The highest BCUT2D eigenvalue weighted by atomic mass is 32.2. The maximum atomic E-state index is 12.9. The Hall–Kier alpha value is -3.92. The second kappa shape index (κ2) is 8.45. The van der Waals surface area contributed by atoms with E-state index in [0.29, 0.717) is 6.42 Å². The molecule has 1 aliphatic carbocycles. The van der Waals surface area contributed by atoms with Gasteiger partial charge in [0.15, 0.2) is 5.82 Å². The van der Waals surface area contributed by atoms with E-state index in [1.54, 1.807) is 24.5 Å². The van der Waals surface area contributed by atoms with Gasteiger partial charge in [0.05, 0.1) is 17.3 Å². The van der Waals surface area contributed by atoms with Crippen LogP contribution in [0.1, 0.15) is 23.5 Å². The molecule has 5 rings (SSSR count). The minimum atomic E-state index is -3.92. The Morgan fingerprint density at radius 2 is 1.76 bits per heavy atom. The first-order chi connectivity index (χ1) is 16.3. The predicted octanol–water partition coefficient (Wildman–Crippen LogP) is 4.02. The van der Waals surface area contributed by atoms with Gasteiger partial charge in [-0.2, -0.15) is 0 Å². The quantitative estimate of drug-likeness (QED) is 0.434. The summed E-state index contributed by atoms with van der Waals surface area (Å²) in [6.07, 6.45) is 6.02. The van der Waals surface area contributed by atoms with Crippen molar-refractivity contribution in [2.45, 2.75) is 24.2 Å². The van der Waals surface area contributed by atoms with Crippen molar-refractivity contribution in [3.8, 4) is 0 Å². The van der Waals surface area contributed by atoms with Crippen molar-refractivity contribution >= 4 is 38.3 Å². The summed E-state index contributed by atoms with van der Waals surface area (Å²) in [6.45, 7) is 1.98. The Balaban J connectivity index is 1.24. The molecule has 10 heteroatoms. The first kappa shape index (κ1) is 21.9. The number of nitrogens with one attached hydrogen (secondary N) is 2. The lowest BCUT2D eigenvalue weighted by Gasteiger charge is -2.09. The summed E-state index contributed by atoms with van der Waals surface area (Å²) in [5, 5.41) is 5.03. The van der Waals surface area contributed by atoms with E-state index in [1.807, 2.05) is 25.1 Å². The van der Waals surface area contributed by atoms with Gasteiger partial charge in [0.1, 0.15) is 0 Å². The van der Waals surface area contributed by atoms with E-state index in [2.05, 4.69) is 25.0 Å². The number of rotatable bonds is 6. The molecule has 8 nitrogen and oxygen atoms in total.